The number of benzene rings is 1. The Morgan fingerprint density at radius 1 is 0.875 bits per heavy atom. The molecule has 0 spiro atoms. The second kappa shape index (κ2) is 11.8. The molecule has 5 aromatic heterocycles. The van der Waals surface area contributed by atoms with Gasteiger partial charge in [-0.15, -0.1) is 36.0 Å². The summed E-state index contributed by atoms with van der Waals surface area (Å²) in [5.74, 6) is -0.986. The summed E-state index contributed by atoms with van der Waals surface area (Å²) in [5, 5.41) is 17.6. The second-order valence-electron chi connectivity index (χ2n) is 8.34. The van der Waals surface area contributed by atoms with Crippen LogP contribution in [0, 0.1) is 19.9 Å². The molecular formula is C26H22F3IrN10-. The van der Waals surface area contributed by atoms with E-state index in [0.29, 0.717) is 17.0 Å². The Balaban J connectivity index is 0.000000183. The summed E-state index contributed by atoms with van der Waals surface area (Å²) < 4.78 is 44.2. The minimum absolute atomic E-state index is 0. The van der Waals surface area contributed by atoms with Gasteiger partial charge in [0.2, 0.25) is 0 Å². The van der Waals surface area contributed by atoms with Crippen molar-refractivity contribution in [3.8, 4) is 11.3 Å². The maximum absolute atomic E-state index is 12.4. The van der Waals surface area contributed by atoms with Gasteiger partial charge in [-0.1, -0.05) is 0 Å². The maximum Gasteiger partial charge on any atom is 0.463 e. The minimum Gasteiger partial charge on any atom is -0.412 e. The van der Waals surface area contributed by atoms with Gasteiger partial charge in [-0.25, -0.2) is 4.68 Å². The fourth-order valence-corrected chi connectivity index (χ4v) is 4.03. The van der Waals surface area contributed by atoms with E-state index >= 15 is 0 Å². The molecule has 0 fully saturated rings. The van der Waals surface area contributed by atoms with E-state index in [1.165, 1.54) is 6.07 Å². The van der Waals surface area contributed by atoms with Gasteiger partial charge in [-0.2, -0.15) is 42.5 Å². The number of aryl methyl sites for hydroxylation is 2. The molecule has 6 rings (SSSR count). The molecule has 10 nitrogen and oxygen atoms in total. The smallest absolute Gasteiger partial charge is 0.412 e. The zero-order valence-electron chi connectivity index (χ0n) is 21.2. The summed E-state index contributed by atoms with van der Waals surface area (Å²) in [4.78, 5) is 8.38. The Morgan fingerprint density at radius 2 is 1.48 bits per heavy atom. The largest absolute Gasteiger partial charge is 0.463 e. The molecule has 0 aliphatic rings. The molecule has 0 saturated heterocycles. The van der Waals surface area contributed by atoms with E-state index in [0.717, 1.165) is 17.8 Å². The van der Waals surface area contributed by atoms with Crippen LogP contribution in [0.5, 0.6) is 0 Å². The topological polar surface area (TPSA) is 97.2 Å². The number of halogens is 3. The summed E-state index contributed by atoms with van der Waals surface area (Å²) >= 11 is 0. The maximum atomic E-state index is 12.4. The van der Waals surface area contributed by atoms with E-state index < -0.39 is 17.7 Å². The van der Waals surface area contributed by atoms with Crippen LogP contribution in [0.1, 0.15) is 17.0 Å². The van der Waals surface area contributed by atoms with Gasteiger partial charge in [0.1, 0.15) is 0 Å². The first-order valence-corrected chi connectivity index (χ1v) is 11.7. The molecule has 0 amide bonds. The van der Waals surface area contributed by atoms with E-state index in [9.17, 15) is 13.2 Å². The third-order valence-corrected chi connectivity index (χ3v) is 5.71. The Kier molecular flexibility index (Phi) is 8.40. The van der Waals surface area contributed by atoms with Crippen molar-refractivity contribution in [2.24, 2.45) is 0 Å². The van der Waals surface area contributed by atoms with Crippen LogP contribution < -0.4 is 9.78 Å². The predicted octanol–water partition coefficient (Wildman–Crippen LogP) is 3.31. The minimum atomic E-state index is -4.34. The van der Waals surface area contributed by atoms with Gasteiger partial charge in [0.05, 0.1) is 5.69 Å². The van der Waals surface area contributed by atoms with Gasteiger partial charge in [0.25, 0.3) is 0 Å². The van der Waals surface area contributed by atoms with Crippen LogP contribution in [-0.4, -0.2) is 39.3 Å². The zero-order chi connectivity index (χ0) is 27.5. The molecular weight excluding hydrogens is 702 g/mol. The predicted molar refractivity (Wildman–Crippen MR) is 132 cm³/mol. The van der Waals surface area contributed by atoms with E-state index in [4.69, 9.17) is 0 Å². The van der Waals surface area contributed by atoms with Crippen LogP contribution >= 0.6 is 0 Å². The fourth-order valence-electron chi connectivity index (χ4n) is 4.03. The van der Waals surface area contributed by atoms with Crippen LogP contribution in [-0.2, 0) is 32.2 Å². The van der Waals surface area contributed by atoms with Crippen molar-refractivity contribution in [1.29, 1.82) is 0 Å². The Hall–Kier alpha value is -4.42. The first-order valence-electron chi connectivity index (χ1n) is 11.7. The van der Waals surface area contributed by atoms with Crippen LogP contribution in [0.4, 0.5) is 13.2 Å². The van der Waals surface area contributed by atoms with Gasteiger partial charge >= 0.3 is 12.1 Å². The molecule has 1 aromatic carbocycles. The molecule has 0 aliphatic carbocycles. The van der Waals surface area contributed by atoms with Gasteiger partial charge in [-0.05, 0) is 43.7 Å². The number of alkyl halides is 3. The second-order valence-corrected chi connectivity index (χ2v) is 8.34. The molecule has 0 aliphatic heterocycles. The molecule has 14 heteroatoms. The first-order chi connectivity index (χ1) is 18.8. The fraction of sp³-hybridized carbons (Fsp3) is 0.154. The van der Waals surface area contributed by atoms with Crippen molar-refractivity contribution in [3.63, 3.8) is 0 Å². The van der Waals surface area contributed by atoms with Crippen molar-refractivity contribution in [2.75, 3.05) is 0 Å². The quantitative estimate of drug-likeness (QED) is 0.200. The SMILES string of the molecule is Cc1cnc(-c2[c-]cc(C(F)(F)F)cc2)c(C)n1.[Ir].c1cnn(C(n2cccn2)(n2cccn2)[n+]2ccc[n-]2)c1. The molecule has 0 saturated carbocycles. The number of nitrogens with zero attached hydrogens (tertiary/aromatic N) is 10. The van der Waals surface area contributed by atoms with Gasteiger partial charge in [0.15, 0.2) is 6.20 Å². The Morgan fingerprint density at radius 3 is 1.88 bits per heavy atom. The Labute approximate surface area is 240 Å². The van der Waals surface area contributed by atoms with Crippen LogP contribution in [0.3, 0.4) is 0 Å². The van der Waals surface area contributed by atoms with Crippen molar-refractivity contribution >= 4 is 0 Å². The van der Waals surface area contributed by atoms with Gasteiger partial charge in [-0.3, -0.25) is 4.98 Å². The number of aromatic nitrogens is 10. The van der Waals surface area contributed by atoms with Crippen molar-refractivity contribution < 1.29 is 38.0 Å². The molecule has 0 N–H and O–H groups in total. The number of hydrogen-bond acceptors (Lipinski definition) is 5. The Bertz CT molecular complexity index is 1450. The van der Waals surface area contributed by atoms with E-state index in [-0.39, 0.29) is 20.1 Å². The van der Waals surface area contributed by atoms with Crippen molar-refractivity contribution in [3.05, 3.63) is 121 Å². The molecule has 40 heavy (non-hydrogen) atoms. The van der Waals surface area contributed by atoms with Gasteiger partial charge in [0, 0.05) is 74.9 Å². The van der Waals surface area contributed by atoms with Gasteiger partial charge < -0.3 is 10.1 Å². The summed E-state index contributed by atoms with van der Waals surface area (Å²) in [6.07, 6.45) is 11.5. The first kappa shape index (κ1) is 28.6. The summed E-state index contributed by atoms with van der Waals surface area (Å²) in [5.41, 5.74) is 1.78. The zero-order valence-corrected chi connectivity index (χ0v) is 23.6. The van der Waals surface area contributed by atoms with Crippen molar-refractivity contribution in [1.82, 2.24) is 44.4 Å². The molecule has 6 aromatic rings. The molecule has 0 bridgehead atoms. The molecule has 5 heterocycles. The number of hydrogen-bond donors (Lipinski definition) is 0. The number of rotatable bonds is 5. The molecule has 0 atom stereocenters. The molecule has 0 unspecified atom stereocenters. The summed E-state index contributed by atoms with van der Waals surface area (Å²) in [6, 6.07) is 13.3. The summed E-state index contributed by atoms with van der Waals surface area (Å²) in [7, 11) is 0. The van der Waals surface area contributed by atoms with Crippen LogP contribution in [0.25, 0.3) is 11.3 Å². The van der Waals surface area contributed by atoms with Crippen LogP contribution in [0.2, 0.25) is 0 Å². The normalized spacial score (nSPS) is 11.4. The molecule has 207 valence electrons. The van der Waals surface area contributed by atoms with Crippen LogP contribution in [0.15, 0.2) is 98.2 Å². The third kappa shape index (κ3) is 5.49. The van der Waals surface area contributed by atoms with E-state index in [1.54, 1.807) is 63.6 Å². The van der Waals surface area contributed by atoms with Crippen molar-refractivity contribution in [2.45, 2.75) is 25.9 Å². The monoisotopic (exact) mass is 724 g/mol. The molecule has 1 radical (unpaired) electrons. The van der Waals surface area contributed by atoms with E-state index in [2.05, 4.69) is 36.4 Å². The third-order valence-electron chi connectivity index (χ3n) is 5.71. The average Bonchev–Trinajstić information content (AvgIpc) is 3.74. The summed E-state index contributed by atoms with van der Waals surface area (Å²) in [6.45, 7) is 3.57. The van der Waals surface area contributed by atoms with E-state index in [1.807, 2.05) is 49.1 Å². The standard InChI is InChI=1S/C13H10F3N2.C13H12N8.Ir/c1-8-7-17-12(9(2)18-8)10-3-5-11(6-4-10)13(14,15)16;1-5-14-18(9-1)13(19-10-2-6-15-19,20-11-3-7-16-20)21-12-4-8-17-21;/h3,5-7H,1-2H3;1-12H;/q-1;;. The average molecular weight is 724 g/mol.